The molecule has 1 fully saturated rings. The molecule has 1 aromatic rings. The highest BCUT2D eigenvalue weighted by atomic mass is 16.6. The first-order chi connectivity index (χ1) is 9.81. The number of quaternary nitrogens is 1. The number of amides is 2. The van der Waals surface area contributed by atoms with E-state index in [0.717, 1.165) is 24.8 Å². The van der Waals surface area contributed by atoms with Crippen molar-refractivity contribution in [1.29, 1.82) is 0 Å². The van der Waals surface area contributed by atoms with Gasteiger partial charge < -0.3 is 10.5 Å². The lowest BCUT2D eigenvalue weighted by Crippen LogP contribution is -2.64. The minimum atomic E-state index is -0.730. The summed E-state index contributed by atoms with van der Waals surface area (Å²) in [4.78, 5) is 12.5. The number of nitrogens with zero attached hydrogens (tertiary/aromatic N) is 1. The highest BCUT2D eigenvalue weighted by Gasteiger charge is 2.40. The van der Waals surface area contributed by atoms with E-state index in [9.17, 15) is 10.0 Å². The molecule has 116 valence electrons. The number of hydroxylamine groups is 3. The van der Waals surface area contributed by atoms with Crippen LogP contribution in [0.15, 0.2) is 30.3 Å². The molecule has 0 aliphatic carbocycles. The molecule has 21 heavy (non-hydrogen) atoms. The first kappa shape index (κ1) is 16.0. The number of carbonyl (C=O) groups is 1. The van der Waals surface area contributed by atoms with E-state index < -0.39 is 4.65 Å². The van der Waals surface area contributed by atoms with Gasteiger partial charge in [-0.25, -0.2) is 4.79 Å². The molecule has 0 aromatic heterocycles. The van der Waals surface area contributed by atoms with Crippen LogP contribution in [-0.2, 0) is 6.42 Å². The van der Waals surface area contributed by atoms with Gasteiger partial charge in [0.1, 0.15) is 6.04 Å². The number of rotatable bonds is 2. The van der Waals surface area contributed by atoms with Gasteiger partial charge >= 0.3 is 6.03 Å². The van der Waals surface area contributed by atoms with Crippen molar-refractivity contribution in [2.75, 3.05) is 6.54 Å². The van der Waals surface area contributed by atoms with Gasteiger partial charge in [0.2, 0.25) is 0 Å². The summed E-state index contributed by atoms with van der Waals surface area (Å²) >= 11 is 0. The Morgan fingerprint density at radius 3 is 2.57 bits per heavy atom. The topological polar surface area (TPSA) is 52.2 Å². The first-order valence-corrected chi connectivity index (χ1v) is 7.77. The number of hydrogen-bond acceptors (Lipinski definition) is 2. The van der Waals surface area contributed by atoms with Gasteiger partial charge in [-0.1, -0.05) is 30.3 Å². The molecule has 0 bridgehead atoms. The fraction of sp³-hybridized carbons (Fsp3) is 0.588. The fourth-order valence-electron chi connectivity index (χ4n) is 2.94. The number of nitrogens with one attached hydrogen (secondary N) is 1. The molecule has 0 spiro atoms. The Kier molecular flexibility index (Phi) is 4.69. The van der Waals surface area contributed by atoms with Crippen molar-refractivity contribution in [3.63, 3.8) is 0 Å². The van der Waals surface area contributed by atoms with Crippen molar-refractivity contribution in [2.24, 2.45) is 0 Å². The summed E-state index contributed by atoms with van der Waals surface area (Å²) < 4.78 is -0.730. The Bertz CT molecular complexity index is 481. The Balaban J connectivity index is 2.15. The molecule has 2 rings (SSSR count). The van der Waals surface area contributed by atoms with E-state index in [1.165, 1.54) is 0 Å². The van der Waals surface area contributed by atoms with E-state index in [1.807, 2.05) is 51.1 Å². The zero-order valence-corrected chi connectivity index (χ0v) is 13.3. The van der Waals surface area contributed by atoms with E-state index in [2.05, 4.69) is 5.32 Å². The molecule has 0 unspecified atom stereocenters. The number of urea groups is 1. The second-order valence-corrected chi connectivity index (χ2v) is 7.04. The average Bonchev–Trinajstić information content (AvgIpc) is 2.41. The van der Waals surface area contributed by atoms with Crippen LogP contribution in [0.25, 0.3) is 0 Å². The quantitative estimate of drug-likeness (QED) is 0.668. The van der Waals surface area contributed by atoms with E-state index in [0.29, 0.717) is 13.0 Å². The second kappa shape index (κ2) is 6.16. The minimum absolute atomic E-state index is 0.177. The smallest absolute Gasteiger partial charge is 0.417 e. The Morgan fingerprint density at radius 2 is 1.95 bits per heavy atom. The number of piperidine rings is 1. The van der Waals surface area contributed by atoms with Crippen LogP contribution in [0.3, 0.4) is 0 Å². The molecule has 4 nitrogen and oxygen atoms in total. The molecule has 0 saturated carbocycles. The van der Waals surface area contributed by atoms with Crippen LogP contribution >= 0.6 is 0 Å². The molecule has 2 atom stereocenters. The van der Waals surface area contributed by atoms with Crippen LogP contribution in [0.4, 0.5) is 4.79 Å². The Labute approximate surface area is 127 Å². The van der Waals surface area contributed by atoms with Crippen LogP contribution in [0, 0.1) is 5.21 Å². The fourth-order valence-corrected chi connectivity index (χ4v) is 2.94. The summed E-state index contributed by atoms with van der Waals surface area (Å²) in [7, 11) is 0. The molecule has 1 heterocycles. The molecule has 1 aliphatic heterocycles. The Morgan fingerprint density at radius 1 is 1.29 bits per heavy atom. The molecule has 1 N–H and O–H groups in total. The molecular formula is C17H26N2O2. The maximum absolute atomic E-state index is 13.2. The predicted molar refractivity (Wildman–Crippen MR) is 84.6 cm³/mol. The number of likely N-dealkylation sites (tertiary alicyclic amines) is 1. The summed E-state index contributed by atoms with van der Waals surface area (Å²) in [5.41, 5.74) is 0.757. The predicted octanol–water partition coefficient (Wildman–Crippen LogP) is 3.60. The Hall–Kier alpha value is -1.39. The standard InChI is InChI=1S/C17H26N2O2/c1-17(2,3)18-16(20)19(21)12-8-7-11-15(19)13-14-9-5-4-6-10-14/h4-6,9-10,15H,7-8,11-13H2,1-3H3,(H,18,20)/t15-,19+/m0/s1. The molecule has 1 saturated heterocycles. The monoisotopic (exact) mass is 290 g/mol. The molecular weight excluding hydrogens is 264 g/mol. The van der Waals surface area contributed by atoms with Gasteiger partial charge in [0.15, 0.2) is 0 Å². The van der Waals surface area contributed by atoms with Gasteiger partial charge in [-0.05, 0) is 39.2 Å². The SMILES string of the molecule is CC(C)(C)NC(=O)[N@@+]1([O-])CCCC[C@H]1Cc1ccccc1. The van der Waals surface area contributed by atoms with Gasteiger partial charge in [0.25, 0.3) is 0 Å². The normalized spacial score (nSPS) is 26.4. The van der Waals surface area contributed by atoms with Crippen molar-refractivity contribution < 1.29 is 9.44 Å². The van der Waals surface area contributed by atoms with Gasteiger partial charge in [-0.15, -0.1) is 0 Å². The molecule has 4 heteroatoms. The summed E-state index contributed by atoms with van der Waals surface area (Å²) in [6.45, 7) is 6.12. The summed E-state index contributed by atoms with van der Waals surface area (Å²) in [5.74, 6) is 0. The van der Waals surface area contributed by atoms with Crippen molar-refractivity contribution in [1.82, 2.24) is 5.32 Å². The lowest BCUT2D eigenvalue weighted by Gasteiger charge is -2.49. The summed E-state index contributed by atoms with van der Waals surface area (Å²) in [5, 5.41) is 16.0. The third-order valence-electron chi connectivity index (χ3n) is 4.01. The third-order valence-corrected chi connectivity index (χ3v) is 4.01. The highest BCUT2D eigenvalue weighted by Crippen LogP contribution is 2.28. The molecule has 1 aromatic carbocycles. The maximum Gasteiger partial charge on any atom is 0.417 e. The van der Waals surface area contributed by atoms with Crippen LogP contribution in [0.2, 0.25) is 0 Å². The summed E-state index contributed by atoms with van der Waals surface area (Å²) in [6.07, 6.45) is 3.34. The van der Waals surface area contributed by atoms with Crippen molar-refractivity contribution in [2.45, 2.75) is 58.0 Å². The second-order valence-electron chi connectivity index (χ2n) is 7.04. The van der Waals surface area contributed by atoms with E-state index in [4.69, 9.17) is 0 Å². The number of carbonyl (C=O) groups excluding carboxylic acids is 1. The average molecular weight is 290 g/mol. The number of benzene rings is 1. The van der Waals surface area contributed by atoms with Crippen molar-refractivity contribution in [3.05, 3.63) is 41.1 Å². The van der Waals surface area contributed by atoms with Crippen LogP contribution in [0.1, 0.15) is 45.6 Å². The van der Waals surface area contributed by atoms with E-state index >= 15 is 0 Å². The highest BCUT2D eigenvalue weighted by molar-refractivity contribution is 5.68. The van der Waals surface area contributed by atoms with E-state index in [-0.39, 0.29) is 17.6 Å². The van der Waals surface area contributed by atoms with Crippen LogP contribution in [-0.4, -0.2) is 28.8 Å². The molecule has 0 radical (unpaired) electrons. The first-order valence-electron chi connectivity index (χ1n) is 7.77. The minimum Gasteiger partial charge on any atom is -0.624 e. The molecule has 2 amide bonds. The maximum atomic E-state index is 13.2. The number of hydrogen-bond donors (Lipinski definition) is 1. The lowest BCUT2D eigenvalue weighted by molar-refractivity contribution is -0.833. The van der Waals surface area contributed by atoms with Crippen LogP contribution < -0.4 is 5.32 Å². The van der Waals surface area contributed by atoms with Gasteiger partial charge in [0.05, 0.1) is 6.54 Å². The third kappa shape index (κ3) is 4.05. The largest absolute Gasteiger partial charge is 0.624 e. The lowest BCUT2D eigenvalue weighted by atomic mass is 9.95. The van der Waals surface area contributed by atoms with Gasteiger partial charge in [0, 0.05) is 18.4 Å². The van der Waals surface area contributed by atoms with Gasteiger partial charge in [-0.3, -0.25) is 4.65 Å². The van der Waals surface area contributed by atoms with Crippen molar-refractivity contribution in [3.8, 4) is 0 Å². The van der Waals surface area contributed by atoms with Gasteiger partial charge in [-0.2, -0.15) is 0 Å². The van der Waals surface area contributed by atoms with Crippen LogP contribution in [0.5, 0.6) is 0 Å². The zero-order chi connectivity index (χ0) is 15.5. The van der Waals surface area contributed by atoms with Crippen molar-refractivity contribution >= 4 is 6.03 Å². The van der Waals surface area contributed by atoms with E-state index in [1.54, 1.807) is 0 Å². The summed E-state index contributed by atoms with van der Waals surface area (Å²) in [6, 6.07) is 9.42. The molecule has 1 aliphatic rings. The zero-order valence-electron chi connectivity index (χ0n) is 13.3.